The summed E-state index contributed by atoms with van der Waals surface area (Å²) in [5.74, 6) is 0. The Balaban J connectivity index is 1.36. The first-order valence-corrected chi connectivity index (χ1v) is 9.03. The monoisotopic (exact) mass is 325 g/mol. The van der Waals surface area contributed by atoms with Crippen LogP contribution in [0.4, 0.5) is 4.79 Å². The number of hydrogen-bond donors (Lipinski definition) is 2. The summed E-state index contributed by atoms with van der Waals surface area (Å²) in [6.07, 6.45) is 4.88. The summed E-state index contributed by atoms with van der Waals surface area (Å²) in [6.45, 7) is 4.97. The van der Waals surface area contributed by atoms with E-state index in [0.29, 0.717) is 6.54 Å². The SMILES string of the molecule is O=C(NCCCCN1CCCC1)NCc1cccc2ccccc12. The van der Waals surface area contributed by atoms with Crippen molar-refractivity contribution in [3.8, 4) is 0 Å². The Bertz CT molecular complexity index is 659. The first-order valence-electron chi connectivity index (χ1n) is 9.03. The number of benzene rings is 2. The van der Waals surface area contributed by atoms with Gasteiger partial charge in [0, 0.05) is 13.1 Å². The standard InChI is InChI=1S/C20H27N3O/c24-20(21-12-3-4-13-23-14-5-6-15-23)22-16-18-10-7-9-17-8-1-2-11-19(17)18/h1-2,7-11H,3-6,12-16H2,(H2,21,22,24). The Morgan fingerprint density at radius 3 is 2.62 bits per heavy atom. The van der Waals surface area contributed by atoms with Crippen LogP contribution in [0.25, 0.3) is 10.8 Å². The zero-order valence-electron chi connectivity index (χ0n) is 14.3. The highest BCUT2D eigenvalue weighted by Gasteiger charge is 2.10. The number of carbonyl (C=O) groups excluding carboxylic acids is 1. The number of hydrogen-bond acceptors (Lipinski definition) is 2. The van der Waals surface area contributed by atoms with Gasteiger partial charge in [-0.05, 0) is 61.7 Å². The topological polar surface area (TPSA) is 44.4 Å². The van der Waals surface area contributed by atoms with E-state index < -0.39 is 0 Å². The van der Waals surface area contributed by atoms with Crippen LogP contribution in [0.5, 0.6) is 0 Å². The predicted molar refractivity (Wildman–Crippen MR) is 99.1 cm³/mol. The van der Waals surface area contributed by atoms with Gasteiger partial charge in [0.15, 0.2) is 0 Å². The van der Waals surface area contributed by atoms with Crippen molar-refractivity contribution in [3.05, 3.63) is 48.0 Å². The summed E-state index contributed by atoms with van der Waals surface area (Å²) in [7, 11) is 0. The first-order chi connectivity index (χ1) is 11.8. The second-order valence-electron chi connectivity index (χ2n) is 6.50. The molecule has 2 aromatic carbocycles. The zero-order chi connectivity index (χ0) is 16.6. The van der Waals surface area contributed by atoms with E-state index in [1.807, 2.05) is 18.2 Å². The number of carbonyl (C=O) groups is 1. The highest BCUT2D eigenvalue weighted by atomic mass is 16.2. The van der Waals surface area contributed by atoms with Gasteiger partial charge in [0.05, 0.1) is 0 Å². The fraction of sp³-hybridized carbons (Fsp3) is 0.450. The molecule has 0 spiro atoms. The third-order valence-corrected chi connectivity index (χ3v) is 4.70. The molecule has 0 atom stereocenters. The molecule has 2 amide bonds. The predicted octanol–water partition coefficient (Wildman–Crippen LogP) is 3.52. The number of nitrogens with one attached hydrogen (secondary N) is 2. The number of rotatable bonds is 7. The van der Waals surface area contributed by atoms with E-state index >= 15 is 0 Å². The molecule has 0 aliphatic carbocycles. The van der Waals surface area contributed by atoms with Gasteiger partial charge in [-0.2, -0.15) is 0 Å². The van der Waals surface area contributed by atoms with Crippen molar-refractivity contribution in [2.24, 2.45) is 0 Å². The van der Waals surface area contributed by atoms with Gasteiger partial charge in [0.25, 0.3) is 0 Å². The molecule has 1 aliphatic rings. The summed E-state index contributed by atoms with van der Waals surface area (Å²) >= 11 is 0. The van der Waals surface area contributed by atoms with E-state index in [9.17, 15) is 4.79 Å². The van der Waals surface area contributed by atoms with Crippen LogP contribution >= 0.6 is 0 Å². The summed E-state index contributed by atoms with van der Waals surface area (Å²) in [4.78, 5) is 14.5. The third-order valence-electron chi connectivity index (χ3n) is 4.70. The number of unbranched alkanes of at least 4 members (excludes halogenated alkanes) is 1. The molecular formula is C20H27N3O. The minimum absolute atomic E-state index is 0.0795. The fourth-order valence-electron chi connectivity index (χ4n) is 3.35. The van der Waals surface area contributed by atoms with Crippen LogP contribution in [0.3, 0.4) is 0 Å². The summed E-state index contributed by atoms with van der Waals surface area (Å²) in [5.41, 5.74) is 1.15. The maximum absolute atomic E-state index is 11.9. The lowest BCUT2D eigenvalue weighted by molar-refractivity contribution is 0.240. The summed E-state index contributed by atoms with van der Waals surface area (Å²) in [5, 5.41) is 8.33. The van der Waals surface area contributed by atoms with Gasteiger partial charge in [-0.3, -0.25) is 0 Å². The number of urea groups is 1. The number of amides is 2. The molecule has 2 aromatic rings. The van der Waals surface area contributed by atoms with E-state index in [1.54, 1.807) is 0 Å². The van der Waals surface area contributed by atoms with Crippen LogP contribution in [-0.4, -0.2) is 37.1 Å². The van der Waals surface area contributed by atoms with E-state index in [0.717, 1.165) is 24.9 Å². The van der Waals surface area contributed by atoms with Gasteiger partial charge in [0.2, 0.25) is 0 Å². The summed E-state index contributed by atoms with van der Waals surface area (Å²) in [6, 6.07) is 14.4. The molecule has 0 bridgehead atoms. The normalized spacial score (nSPS) is 14.8. The van der Waals surface area contributed by atoms with E-state index in [2.05, 4.69) is 39.8 Å². The molecule has 1 fully saturated rings. The Hall–Kier alpha value is -2.07. The summed E-state index contributed by atoms with van der Waals surface area (Å²) < 4.78 is 0. The Labute approximate surface area is 144 Å². The van der Waals surface area contributed by atoms with Crippen molar-refractivity contribution in [1.82, 2.24) is 15.5 Å². The molecule has 1 saturated heterocycles. The van der Waals surface area contributed by atoms with Gasteiger partial charge < -0.3 is 15.5 Å². The van der Waals surface area contributed by atoms with E-state index in [-0.39, 0.29) is 6.03 Å². The number of nitrogens with zero attached hydrogens (tertiary/aromatic N) is 1. The van der Waals surface area contributed by atoms with Gasteiger partial charge in [-0.25, -0.2) is 4.79 Å². The van der Waals surface area contributed by atoms with Crippen molar-refractivity contribution < 1.29 is 4.79 Å². The maximum atomic E-state index is 11.9. The molecule has 1 heterocycles. The number of likely N-dealkylation sites (tertiary alicyclic amines) is 1. The van der Waals surface area contributed by atoms with E-state index in [4.69, 9.17) is 0 Å². The average Bonchev–Trinajstić information content (AvgIpc) is 3.13. The molecular weight excluding hydrogens is 298 g/mol. The van der Waals surface area contributed by atoms with Crippen molar-refractivity contribution in [1.29, 1.82) is 0 Å². The van der Waals surface area contributed by atoms with Crippen LogP contribution in [0.2, 0.25) is 0 Å². The second-order valence-corrected chi connectivity index (χ2v) is 6.50. The Morgan fingerprint density at radius 2 is 1.75 bits per heavy atom. The minimum atomic E-state index is -0.0795. The average molecular weight is 325 g/mol. The largest absolute Gasteiger partial charge is 0.338 e. The minimum Gasteiger partial charge on any atom is -0.338 e. The molecule has 4 heteroatoms. The maximum Gasteiger partial charge on any atom is 0.315 e. The van der Waals surface area contributed by atoms with Gasteiger partial charge in [-0.1, -0.05) is 42.5 Å². The second kappa shape index (κ2) is 8.69. The molecule has 2 N–H and O–H groups in total. The van der Waals surface area contributed by atoms with Gasteiger partial charge >= 0.3 is 6.03 Å². The molecule has 3 rings (SSSR count). The lowest BCUT2D eigenvalue weighted by Crippen LogP contribution is -2.35. The molecule has 24 heavy (non-hydrogen) atoms. The lowest BCUT2D eigenvalue weighted by atomic mass is 10.0. The lowest BCUT2D eigenvalue weighted by Gasteiger charge is -2.14. The van der Waals surface area contributed by atoms with Crippen molar-refractivity contribution in [3.63, 3.8) is 0 Å². The molecule has 0 aromatic heterocycles. The number of fused-ring (bicyclic) bond motifs is 1. The van der Waals surface area contributed by atoms with Crippen molar-refractivity contribution in [2.45, 2.75) is 32.2 Å². The van der Waals surface area contributed by atoms with Gasteiger partial charge in [0.1, 0.15) is 0 Å². The van der Waals surface area contributed by atoms with Crippen molar-refractivity contribution >= 4 is 16.8 Å². The molecule has 0 unspecified atom stereocenters. The van der Waals surface area contributed by atoms with Crippen LogP contribution in [0.1, 0.15) is 31.2 Å². The quantitative estimate of drug-likeness (QED) is 0.765. The molecule has 0 radical (unpaired) electrons. The highest BCUT2D eigenvalue weighted by molar-refractivity contribution is 5.86. The Morgan fingerprint density at radius 1 is 0.958 bits per heavy atom. The zero-order valence-corrected chi connectivity index (χ0v) is 14.3. The Kier molecular flexibility index (Phi) is 6.07. The van der Waals surface area contributed by atoms with Crippen LogP contribution < -0.4 is 10.6 Å². The van der Waals surface area contributed by atoms with Crippen LogP contribution in [-0.2, 0) is 6.54 Å². The molecule has 1 aliphatic heterocycles. The third kappa shape index (κ3) is 4.71. The van der Waals surface area contributed by atoms with Gasteiger partial charge in [-0.15, -0.1) is 0 Å². The highest BCUT2D eigenvalue weighted by Crippen LogP contribution is 2.18. The smallest absolute Gasteiger partial charge is 0.315 e. The van der Waals surface area contributed by atoms with Crippen LogP contribution in [0, 0.1) is 0 Å². The fourth-order valence-corrected chi connectivity index (χ4v) is 3.35. The molecule has 0 saturated carbocycles. The molecule has 128 valence electrons. The van der Waals surface area contributed by atoms with Crippen molar-refractivity contribution in [2.75, 3.05) is 26.2 Å². The van der Waals surface area contributed by atoms with E-state index in [1.165, 1.54) is 43.2 Å². The van der Waals surface area contributed by atoms with Crippen LogP contribution in [0.15, 0.2) is 42.5 Å². The first kappa shape index (κ1) is 16.8. The molecule has 4 nitrogen and oxygen atoms in total.